The predicted molar refractivity (Wildman–Crippen MR) is 30.1 cm³/mol. The molecule has 0 saturated heterocycles. The number of hydroxylamine groups is 1. The van der Waals surface area contributed by atoms with Crippen molar-refractivity contribution in [2.75, 3.05) is 0 Å². The molecule has 0 aliphatic carbocycles. The molecule has 0 aromatic heterocycles. The molecule has 0 bridgehead atoms. The highest BCUT2D eigenvalue weighted by molar-refractivity contribution is 5.91. The van der Waals surface area contributed by atoms with Gasteiger partial charge in [-0.25, -0.2) is 0 Å². The van der Waals surface area contributed by atoms with Crippen LogP contribution in [0.2, 0.25) is 0 Å². The van der Waals surface area contributed by atoms with E-state index in [0.717, 1.165) is 0 Å². The molecule has 0 rings (SSSR count). The van der Waals surface area contributed by atoms with Crippen molar-refractivity contribution in [3.63, 3.8) is 0 Å². The standard InChI is InChI=1S/C5H7NO3/c1-4(2)5(8)6-9-3-7/h3H,1H2,2H3,(H,6,8). The monoisotopic (exact) mass is 129 g/mol. The molecule has 1 N–H and O–H groups in total. The van der Waals surface area contributed by atoms with Crippen molar-refractivity contribution in [3.05, 3.63) is 12.2 Å². The molecule has 0 aliphatic heterocycles. The van der Waals surface area contributed by atoms with Gasteiger partial charge in [0.2, 0.25) is 0 Å². The van der Waals surface area contributed by atoms with E-state index in [-0.39, 0.29) is 12.0 Å². The van der Waals surface area contributed by atoms with Crippen molar-refractivity contribution in [1.29, 1.82) is 0 Å². The lowest BCUT2D eigenvalue weighted by molar-refractivity contribution is -0.144. The maximum Gasteiger partial charge on any atom is 0.320 e. The zero-order valence-corrected chi connectivity index (χ0v) is 5.01. The normalized spacial score (nSPS) is 7.67. The van der Waals surface area contributed by atoms with Gasteiger partial charge in [0.15, 0.2) is 0 Å². The van der Waals surface area contributed by atoms with Crippen LogP contribution in [0.4, 0.5) is 0 Å². The van der Waals surface area contributed by atoms with Crippen molar-refractivity contribution in [3.8, 4) is 0 Å². The summed E-state index contributed by atoms with van der Waals surface area (Å²) in [6.45, 7) is 4.93. The largest absolute Gasteiger partial charge is 0.344 e. The first-order valence-electron chi connectivity index (χ1n) is 2.23. The lowest BCUT2D eigenvalue weighted by atomic mass is 10.3. The van der Waals surface area contributed by atoms with Crippen LogP contribution in [0.5, 0.6) is 0 Å². The highest BCUT2D eigenvalue weighted by atomic mass is 16.7. The van der Waals surface area contributed by atoms with Crippen LogP contribution < -0.4 is 5.48 Å². The molecule has 0 unspecified atom stereocenters. The molecule has 0 heterocycles. The molecular formula is C5H7NO3. The molecule has 0 saturated carbocycles. The van der Waals surface area contributed by atoms with Crippen LogP contribution in [0.1, 0.15) is 6.92 Å². The second kappa shape index (κ2) is 3.65. The van der Waals surface area contributed by atoms with Crippen LogP contribution >= 0.6 is 0 Å². The summed E-state index contributed by atoms with van der Waals surface area (Å²) in [5.41, 5.74) is 2.11. The molecule has 0 spiro atoms. The van der Waals surface area contributed by atoms with Crippen molar-refractivity contribution < 1.29 is 14.4 Å². The number of carbonyl (C=O) groups is 2. The third kappa shape index (κ3) is 3.28. The molecule has 0 atom stereocenters. The Bertz CT molecular complexity index is 141. The van der Waals surface area contributed by atoms with Gasteiger partial charge >= 0.3 is 6.47 Å². The molecule has 0 fully saturated rings. The minimum atomic E-state index is -0.498. The van der Waals surface area contributed by atoms with Gasteiger partial charge in [-0.1, -0.05) is 6.58 Å². The van der Waals surface area contributed by atoms with E-state index < -0.39 is 5.91 Å². The smallest absolute Gasteiger partial charge is 0.320 e. The Morgan fingerprint density at radius 2 is 2.33 bits per heavy atom. The molecular weight excluding hydrogens is 122 g/mol. The minimum Gasteiger partial charge on any atom is -0.344 e. The molecule has 0 aromatic rings. The summed E-state index contributed by atoms with van der Waals surface area (Å²) < 4.78 is 0. The molecule has 4 nitrogen and oxygen atoms in total. The first-order chi connectivity index (χ1) is 4.18. The van der Waals surface area contributed by atoms with Gasteiger partial charge in [-0.2, -0.15) is 5.48 Å². The summed E-state index contributed by atoms with van der Waals surface area (Å²) in [7, 11) is 0. The summed E-state index contributed by atoms with van der Waals surface area (Å²) >= 11 is 0. The molecule has 1 amide bonds. The summed E-state index contributed by atoms with van der Waals surface area (Å²) in [6, 6.07) is 0. The Morgan fingerprint density at radius 3 is 2.67 bits per heavy atom. The Hall–Kier alpha value is -1.32. The number of hydrogen-bond donors (Lipinski definition) is 1. The molecule has 9 heavy (non-hydrogen) atoms. The molecule has 50 valence electrons. The fourth-order valence-corrected chi connectivity index (χ4v) is 0.165. The number of carbonyl (C=O) groups excluding carboxylic acids is 2. The van der Waals surface area contributed by atoms with Gasteiger partial charge in [0.1, 0.15) is 0 Å². The van der Waals surface area contributed by atoms with E-state index in [1.54, 1.807) is 0 Å². The highest BCUT2D eigenvalue weighted by Crippen LogP contribution is 1.83. The maximum absolute atomic E-state index is 10.4. The first kappa shape index (κ1) is 7.68. The van der Waals surface area contributed by atoms with E-state index in [2.05, 4.69) is 11.4 Å². The fraction of sp³-hybridized carbons (Fsp3) is 0.200. The number of amides is 1. The first-order valence-corrected chi connectivity index (χ1v) is 2.23. The summed E-state index contributed by atoms with van der Waals surface area (Å²) in [6.07, 6.45) is 0. The van der Waals surface area contributed by atoms with E-state index in [1.165, 1.54) is 6.92 Å². The number of nitrogens with one attached hydrogen (secondary N) is 1. The number of hydrogen-bond acceptors (Lipinski definition) is 3. The number of rotatable bonds is 3. The second-order valence-electron chi connectivity index (χ2n) is 1.43. The third-order valence-corrected chi connectivity index (χ3v) is 0.587. The second-order valence-corrected chi connectivity index (χ2v) is 1.43. The molecule has 4 heteroatoms. The maximum atomic E-state index is 10.4. The Labute approximate surface area is 52.4 Å². The summed E-state index contributed by atoms with van der Waals surface area (Å²) in [4.78, 5) is 23.8. The van der Waals surface area contributed by atoms with Gasteiger partial charge in [-0.15, -0.1) is 0 Å². The lowest BCUT2D eigenvalue weighted by Crippen LogP contribution is -2.23. The SMILES string of the molecule is C=C(C)C(=O)NOC=O. The summed E-state index contributed by atoms with van der Waals surface area (Å²) in [5.74, 6) is -0.498. The Kier molecular flexibility index (Phi) is 3.12. The van der Waals surface area contributed by atoms with Crippen LogP contribution in [0.15, 0.2) is 12.2 Å². The van der Waals surface area contributed by atoms with Gasteiger partial charge in [0.05, 0.1) is 0 Å². The van der Waals surface area contributed by atoms with Crippen LogP contribution in [0, 0.1) is 0 Å². The van der Waals surface area contributed by atoms with Gasteiger partial charge < -0.3 is 4.84 Å². The van der Waals surface area contributed by atoms with Crippen LogP contribution in [0.25, 0.3) is 0 Å². The van der Waals surface area contributed by atoms with Crippen LogP contribution in [-0.4, -0.2) is 12.4 Å². The van der Waals surface area contributed by atoms with Gasteiger partial charge in [0, 0.05) is 5.57 Å². The van der Waals surface area contributed by atoms with E-state index in [4.69, 9.17) is 0 Å². The Morgan fingerprint density at radius 1 is 1.78 bits per heavy atom. The quantitative estimate of drug-likeness (QED) is 0.325. The minimum absolute atomic E-state index is 0.126. The lowest BCUT2D eigenvalue weighted by Gasteiger charge is -1.97. The van der Waals surface area contributed by atoms with Crippen molar-refractivity contribution in [2.24, 2.45) is 0 Å². The van der Waals surface area contributed by atoms with Gasteiger partial charge in [0.25, 0.3) is 5.91 Å². The third-order valence-electron chi connectivity index (χ3n) is 0.587. The van der Waals surface area contributed by atoms with Gasteiger partial charge in [-0.3, -0.25) is 9.59 Å². The zero-order valence-electron chi connectivity index (χ0n) is 5.01. The topological polar surface area (TPSA) is 55.4 Å². The molecule has 0 aliphatic rings. The van der Waals surface area contributed by atoms with Gasteiger partial charge in [-0.05, 0) is 6.92 Å². The van der Waals surface area contributed by atoms with E-state index in [1.807, 2.05) is 5.48 Å². The molecule has 0 radical (unpaired) electrons. The predicted octanol–water partition coefficient (Wildman–Crippen LogP) is -0.233. The van der Waals surface area contributed by atoms with Crippen LogP contribution in [0.3, 0.4) is 0 Å². The average Bonchev–Trinajstić information content (AvgIpc) is 1.82. The van der Waals surface area contributed by atoms with Crippen molar-refractivity contribution >= 4 is 12.4 Å². The highest BCUT2D eigenvalue weighted by Gasteiger charge is 1.98. The Balaban J connectivity index is 3.51. The average molecular weight is 129 g/mol. The summed E-state index contributed by atoms with van der Waals surface area (Å²) in [5, 5.41) is 0. The van der Waals surface area contributed by atoms with E-state index in [0.29, 0.717) is 0 Å². The fourth-order valence-electron chi connectivity index (χ4n) is 0.165. The molecule has 0 aromatic carbocycles. The van der Waals surface area contributed by atoms with Crippen molar-refractivity contribution in [1.82, 2.24) is 5.48 Å². The van der Waals surface area contributed by atoms with E-state index in [9.17, 15) is 9.59 Å². The van der Waals surface area contributed by atoms with E-state index >= 15 is 0 Å². The van der Waals surface area contributed by atoms with Crippen LogP contribution in [-0.2, 0) is 14.4 Å². The zero-order chi connectivity index (χ0) is 7.28. The van der Waals surface area contributed by atoms with Crippen molar-refractivity contribution in [2.45, 2.75) is 6.92 Å².